The number of allylic oxidation sites excluding steroid dienone is 4. The first-order chi connectivity index (χ1) is 18.3. The summed E-state index contributed by atoms with van der Waals surface area (Å²) in [6.07, 6.45) is 1.20. The number of hydrogen-bond acceptors (Lipinski definition) is 9. The van der Waals surface area contributed by atoms with Crippen molar-refractivity contribution in [2.75, 3.05) is 13.7 Å². The van der Waals surface area contributed by atoms with Crippen LogP contribution in [-0.2, 0) is 21.5 Å². The highest BCUT2D eigenvalue weighted by atomic mass is 16.5. The summed E-state index contributed by atoms with van der Waals surface area (Å²) in [5.74, 6) is -1.01. The molecule has 1 heterocycles. The quantitative estimate of drug-likeness (QED) is 0.256. The molecule has 0 bridgehead atoms. The van der Waals surface area contributed by atoms with Crippen LogP contribution in [0.5, 0.6) is 28.7 Å². The van der Waals surface area contributed by atoms with Gasteiger partial charge in [0.15, 0.2) is 28.8 Å². The zero-order chi connectivity index (χ0) is 28.8. The standard InChI is InChI=1S/C30H33NO8/c1-14(2)13-38-20-9-8-18(10-21(20)37-7)12-31-16(4)23-19(33)11-22-30(6,29(23)36)25-27(35)15(3)26(34)24(17(5)32)28(25)39-22/h8-11,14,31,34-35H,12-13H2,1-7H3/t30-/m0/s1. The smallest absolute Gasteiger partial charge is 0.194 e. The number of fused-ring (bicyclic) bond motifs is 3. The summed E-state index contributed by atoms with van der Waals surface area (Å²) in [5.41, 5.74) is -0.513. The Hall–Kier alpha value is -4.27. The molecule has 9 nitrogen and oxygen atoms in total. The maximum absolute atomic E-state index is 13.9. The monoisotopic (exact) mass is 535 g/mol. The van der Waals surface area contributed by atoms with Crippen LogP contribution in [0.2, 0.25) is 0 Å². The minimum atomic E-state index is -1.56. The Morgan fingerprint density at radius 1 is 1.13 bits per heavy atom. The molecule has 0 fully saturated rings. The fraction of sp³-hybridized carbons (Fsp3) is 0.367. The van der Waals surface area contributed by atoms with E-state index in [0.717, 1.165) is 5.56 Å². The second-order valence-electron chi connectivity index (χ2n) is 10.4. The number of ether oxygens (including phenoxy) is 3. The molecule has 9 heteroatoms. The van der Waals surface area contributed by atoms with Gasteiger partial charge in [-0.2, -0.15) is 0 Å². The summed E-state index contributed by atoms with van der Waals surface area (Å²) < 4.78 is 17.1. The van der Waals surface area contributed by atoms with Gasteiger partial charge in [-0.25, -0.2) is 0 Å². The summed E-state index contributed by atoms with van der Waals surface area (Å²) in [5, 5.41) is 24.6. The number of carbonyl (C=O) groups is 3. The molecule has 0 radical (unpaired) electrons. The second-order valence-corrected chi connectivity index (χ2v) is 10.4. The first kappa shape index (κ1) is 27.8. The topological polar surface area (TPSA) is 131 Å². The van der Waals surface area contributed by atoms with Crippen molar-refractivity contribution in [3.63, 3.8) is 0 Å². The molecule has 3 N–H and O–H groups in total. The lowest BCUT2D eigenvalue weighted by atomic mass is 9.70. The van der Waals surface area contributed by atoms with Gasteiger partial charge in [-0.3, -0.25) is 14.4 Å². The average Bonchev–Trinajstić information content (AvgIpc) is 3.17. The molecule has 0 aromatic heterocycles. The Balaban J connectivity index is 1.69. The number of ketones is 3. The molecule has 4 rings (SSSR count). The van der Waals surface area contributed by atoms with Crippen LogP contribution in [0.15, 0.2) is 41.3 Å². The molecule has 2 aromatic rings. The van der Waals surface area contributed by atoms with Gasteiger partial charge in [0.05, 0.1) is 24.9 Å². The lowest BCUT2D eigenvalue weighted by molar-refractivity contribution is -0.123. The molecule has 0 amide bonds. The van der Waals surface area contributed by atoms with E-state index in [1.54, 1.807) is 14.0 Å². The highest BCUT2D eigenvalue weighted by Gasteiger charge is 2.56. The number of methoxy groups -OCH3 is 1. The summed E-state index contributed by atoms with van der Waals surface area (Å²) in [6, 6.07) is 5.50. The van der Waals surface area contributed by atoms with Crippen LogP contribution in [0.25, 0.3) is 0 Å². The summed E-state index contributed by atoms with van der Waals surface area (Å²) in [4.78, 5) is 39.4. The molecule has 1 aliphatic carbocycles. The first-order valence-corrected chi connectivity index (χ1v) is 12.7. The third-order valence-electron chi connectivity index (χ3n) is 7.12. The summed E-state index contributed by atoms with van der Waals surface area (Å²) >= 11 is 0. The number of nitrogens with one attached hydrogen (secondary N) is 1. The Morgan fingerprint density at radius 3 is 2.44 bits per heavy atom. The lowest BCUT2D eigenvalue weighted by Crippen LogP contribution is -2.41. The minimum Gasteiger partial charge on any atom is -0.507 e. The summed E-state index contributed by atoms with van der Waals surface area (Å²) in [6.45, 7) is 10.8. The number of hydrogen-bond donors (Lipinski definition) is 3. The Bertz CT molecular complexity index is 1470. The van der Waals surface area contributed by atoms with E-state index in [1.807, 2.05) is 18.2 Å². The molecule has 2 aliphatic rings. The van der Waals surface area contributed by atoms with Crippen LogP contribution in [-0.4, -0.2) is 41.3 Å². The molecule has 1 atom stereocenters. The maximum Gasteiger partial charge on any atom is 0.194 e. The van der Waals surface area contributed by atoms with Crippen LogP contribution in [0.4, 0.5) is 0 Å². The van der Waals surface area contributed by atoms with Crippen molar-refractivity contribution >= 4 is 17.3 Å². The molecule has 0 unspecified atom stereocenters. The van der Waals surface area contributed by atoms with Gasteiger partial charge in [0.2, 0.25) is 0 Å². The molecular weight excluding hydrogens is 502 g/mol. The number of benzene rings is 2. The average molecular weight is 536 g/mol. The fourth-order valence-electron chi connectivity index (χ4n) is 4.88. The third kappa shape index (κ3) is 4.51. The number of Topliss-reactive ketones (excluding diaryl/α,β-unsaturated/α-hetero) is 2. The van der Waals surface area contributed by atoms with E-state index in [-0.39, 0.29) is 39.5 Å². The molecule has 0 saturated heterocycles. The van der Waals surface area contributed by atoms with Gasteiger partial charge < -0.3 is 29.7 Å². The number of phenols is 2. The highest BCUT2D eigenvalue weighted by molar-refractivity contribution is 6.31. The van der Waals surface area contributed by atoms with Crippen LogP contribution in [0.1, 0.15) is 61.7 Å². The molecular formula is C30H33NO8. The van der Waals surface area contributed by atoms with Crippen LogP contribution >= 0.6 is 0 Å². The van der Waals surface area contributed by atoms with Gasteiger partial charge in [0.1, 0.15) is 34.0 Å². The molecule has 1 aliphatic heterocycles. The molecule has 39 heavy (non-hydrogen) atoms. The van der Waals surface area contributed by atoms with E-state index in [1.165, 1.54) is 26.8 Å². The van der Waals surface area contributed by atoms with Gasteiger partial charge >= 0.3 is 0 Å². The number of carbonyl (C=O) groups excluding carboxylic acids is 3. The lowest BCUT2D eigenvalue weighted by Gasteiger charge is -2.29. The van der Waals surface area contributed by atoms with E-state index in [0.29, 0.717) is 36.3 Å². The zero-order valence-electron chi connectivity index (χ0n) is 23.1. The maximum atomic E-state index is 13.9. The number of phenolic OH excluding ortho intramolecular Hbond substituents is 2. The summed E-state index contributed by atoms with van der Waals surface area (Å²) in [7, 11) is 1.56. The van der Waals surface area contributed by atoms with E-state index in [9.17, 15) is 24.6 Å². The highest BCUT2D eigenvalue weighted by Crippen LogP contribution is 2.57. The molecule has 206 valence electrons. The fourth-order valence-corrected chi connectivity index (χ4v) is 4.88. The van der Waals surface area contributed by atoms with Gasteiger partial charge in [-0.1, -0.05) is 19.9 Å². The van der Waals surface area contributed by atoms with Crippen molar-refractivity contribution in [3.05, 3.63) is 63.6 Å². The van der Waals surface area contributed by atoms with Crippen molar-refractivity contribution in [1.29, 1.82) is 0 Å². The van der Waals surface area contributed by atoms with E-state index < -0.39 is 28.5 Å². The molecule has 0 saturated carbocycles. The third-order valence-corrected chi connectivity index (χ3v) is 7.12. The second kappa shape index (κ2) is 10.1. The van der Waals surface area contributed by atoms with Crippen molar-refractivity contribution in [2.24, 2.45) is 5.92 Å². The predicted octanol–water partition coefficient (Wildman–Crippen LogP) is 4.40. The van der Waals surface area contributed by atoms with Crippen LogP contribution in [0.3, 0.4) is 0 Å². The predicted molar refractivity (Wildman–Crippen MR) is 143 cm³/mol. The van der Waals surface area contributed by atoms with Crippen LogP contribution in [0, 0.1) is 12.8 Å². The minimum absolute atomic E-state index is 0.00595. The largest absolute Gasteiger partial charge is 0.507 e. The van der Waals surface area contributed by atoms with Gasteiger partial charge in [0.25, 0.3) is 0 Å². The Labute approximate surface area is 227 Å². The van der Waals surface area contributed by atoms with E-state index in [2.05, 4.69) is 19.2 Å². The Kier molecular flexibility index (Phi) is 7.21. The normalized spacial score (nSPS) is 19.2. The van der Waals surface area contributed by atoms with Crippen molar-refractivity contribution in [3.8, 4) is 28.7 Å². The van der Waals surface area contributed by atoms with E-state index in [4.69, 9.17) is 14.2 Å². The van der Waals surface area contributed by atoms with Crippen LogP contribution < -0.4 is 19.5 Å². The van der Waals surface area contributed by atoms with Gasteiger partial charge in [-0.15, -0.1) is 0 Å². The number of aromatic hydroxyl groups is 2. The van der Waals surface area contributed by atoms with E-state index >= 15 is 0 Å². The SMILES string of the molecule is COc1cc(CNC(C)=C2C(=O)C=C3Oc4c(C(C)=O)c(O)c(C)c(O)c4[C@@]3(C)C2=O)ccc1OCC(C)C. The number of rotatable bonds is 8. The van der Waals surface area contributed by atoms with Gasteiger partial charge in [0, 0.05) is 23.9 Å². The van der Waals surface area contributed by atoms with Crippen molar-refractivity contribution < 1.29 is 38.8 Å². The molecule has 0 spiro atoms. The first-order valence-electron chi connectivity index (χ1n) is 12.7. The zero-order valence-corrected chi connectivity index (χ0v) is 23.1. The Morgan fingerprint density at radius 2 is 1.82 bits per heavy atom. The van der Waals surface area contributed by atoms with Crippen molar-refractivity contribution in [2.45, 2.75) is 53.5 Å². The van der Waals surface area contributed by atoms with Gasteiger partial charge in [-0.05, 0) is 51.3 Å². The molecule has 2 aromatic carbocycles. The van der Waals surface area contributed by atoms with Crippen molar-refractivity contribution in [1.82, 2.24) is 5.32 Å².